The Labute approximate surface area is 127 Å². The Kier molecular flexibility index (Phi) is 4.79. The number of halogens is 2. The van der Waals surface area contributed by atoms with Gasteiger partial charge in [-0.1, -0.05) is 17.7 Å². The molecule has 0 aliphatic heterocycles. The molecule has 108 valence electrons. The van der Waals surface area contributed by atoms with E-state index in [1.165, 1.54) is 6.07 Å². The Morgan fingerprint density at radius 3 is 2.71 bits per heavy atom. The average molecular weight is 306 g/mol. The second-order valence-electron chi connectivity index (χ2n) is 4.61. The summed E-state index contributed by atoms with van der Waals surface area (Å²) in [4.78, 5) is 0. The number of hydrogen-bond acceptors (Lipinski definition) is 3. The predicted octanol–water partition coefficient (Wildman–Crippen LogP) is 3.98. The lowest BCUT2D eigenvalue weighted by Crippen LogP contribution is -1.98. The van der Waals surface area contributed by atoms with Crippen LogP contribution in [0.25, 0.3) is 0 Å². The van der Waals surface area contributed by atoms with Crippen LogP contribution in [0.2, 0.25) is 5.02 Å². The first kappa shape index (κ1) is 15.3. The van der Waals surface area contributed by atoms with Gasteiger partial charge < -0.3 is 9.84 Å². The van der Waals surface area contributed by atoms with Crippen molar-refractivity contribution in [3.05, 3.63) is 63.9 Å². The van der Waals surface area contributed by atoms with Gasteiger partial charge in [0.05, 0.1) is 22.8 Å². The standard InChI is InChI=1S/C16H13ClFNO2/c1-10(20)13-2-3-16(15(17)7-13)21-9-12-4-11(8-19)5-14(18)6-12/h2-7,10,20H,9H2,1H3/t10-/m0/s1. The highest BCUT2D eigenvalue weighted by atomic mass is 35.5. The number of aliphatic hydroxyl groups excluding tert-OH is 1. The van der Waals surface area contributed by atoms with Crippen LogP contribution in [0, 0.1) is 17.1 Å². The first-order chi connectivity index (χ1) is 9.99. The molecule has 0 heterocycles. The van der Waals surface area contributed by atoms with Gasteiger partial charge in [-0.15, -0.1) is 0 Å². The van der Waals surface area contributed by atoms with E-state index in [4.69, 9.17) is 21.6 Å². The molecule has 1 atom stereocenters. The maximum atomic E-state index is 13.3. The molecular weight excluding hydrogens is 293 g/mol. The molecule has 0 aliphatic carbocycles. The van der Waals surface area contributed by atoms with Crippen LogP contribution in [-0.2, 0) is 6.61 Å². The molecule has 0 saturated heterocycles. The zero-order valence-electron chi connectivity index (χ0n) is 11.3. The van der Waals surface area contributed by atoms with Crippen molar-refractivity contribution in [2.75, 3.05) is 0 Å². The molecule has 2 rings (SSSR count). The number of aliphatic hydroxyl groups is 1. The van der Waals surface area contributed by atoms with Gasteiger partial charge in [0.15, 0.2) is 0 Å². The van der Waals surface area contributed by atoms with Crippen LogP contribution in [0.4, 0.5) is 4.39 Å². The maximum Gasteiger partial charge on any atom is 0.138 e. The van der Waals surface area contributed by atoms with Crippen LogP contribution in [0.3, 0.4) is 0 Å². The number of rotatable bonds is 4. The van der Waals surface area contributed by atoms with Gasteiger partial charge in [0.2, 0.25) is 0 Å². The minimum absolute atomic E-state index is 0.0974. The second kappa shape index (κ2) is 6.57. The van der Waals surface area contributed by atoms with Gasteiger partial charge >= 0.3 is 0 Å². The zero-order valence-corrected chi connectivity index (χ0v) is 12.1. The Morgan fingerprint density at radius 2 is 2.10 bits per heavy atom. The highest BCUT2D eigenvalue weighted by Gasteiger charge is 2.08. The van der Waals surface area contributed by atoms with E-state index in [2.05, 4.69) is 0 Å². The van der Waals surface area contributed by atoms with Crippen LogP contribution in [0.15, 0.2) is 36.4 Å². The monoisotopic (exact) mass is 305 g/mol. The summed E-state index contributed by atoms with van der Waals surface area (Å²) < 4.78 is 18.8. The highest BCUT2D eigenvalue weighted by Crippen LogP contribution is 2.28. The molecule has 0 bridgehead atoms. The Morgan fingerprint density at radius 1 is 1.33 bits per heavy atom. The number of ether oxygens (including phenoxy) is 1. The van der Waals surface area contributed by atoms with Crippen molar-refractivity contribution in [3.63, 3.8) is 0 Å². The summed E-state index contributed by atoms with van der Waals surface area (Å²) in [6.07, 6.45) is -0.613. The normalized spacial score (nSPS) is 11.8. The summed E-state index contributed by atoms with van der Waals surface area (Å²) in [5, 5.41) is 18.6. The van der Waals surface area contributed by atoms with E-state index >= 15 is 0 Å². The summed E-state index contributed by atoms with van der Waals surface area (Å²) in [6.45, 7) is 1.74. The van der Waals surface area contributed by atoms with Crippen molar-refractivity contribution < 1.29 is 14.2 Å². The molecule has 1 N–H and O–H groups in total. The van der Waals surface area contributed by atoms with E-state index in [1.807, 2.05) is 6.07 Å². The fraction of sp³-hybridized carbons (Fsp3) is 0.188. The van der Waals surface area contributed by atoms with Gasteiger partial charge in [0.1, 0.15) is 18.2 Å². The van der Waals surface area contributed by atoms with Crippen molar-refractivity contribution in [3.8, 4) is 11.8 Å². The van der Waals surface area contributed by atoms with Crippen LogP contribution < -0.4 is 4.74 Å². The Hall–Kier alpha value is -2.09. The van der Waals surface area contributed by atoms with Crippen molar-refractivity contribution >= 4 is 11.6 Å². The molecule has 5 heteroatoms. The fourth-order valence-electron chi connectivity index (χ4n) is 1.85. The van der Waals surface area contributed by atoms with Gasteiger partial charge in [-0.2, -0.15) is 5.26 Å². The predicted molar refractivity (Wildman–Crippen MR) is 77.5 cm³/mol. The fourth-order valence-corrected chi connectivity index (χ4v) is 2.10. The molecule has 2 aromatic carbocycles. The van der Waals surface area contributed by atoms with E-state index in [0.717, 1.165) is 6.07 Å². The molecule has 21 heavy (non-hydrogen) atoms. The minimum atomic E-state index is -0.613. The van der Waals surface area contributed by atoms with E-state index in [0.29, 0.717) is 21.9 Å². The van der Waals surface area contributed by atoms with E-state index in [9.17, 15) is 9.50 Å². The summed E-state index contributed by atoms with van der Waals surface area (Å²) in [7, 11) is 0. The number of nitrogens with zero attached hydrogens (tertiary/aromatic N) is 1. The van der Waals surface area contributed by atoms with Gasteiger partial charge in [0.25, 0.3) is 0 Å². The molecule has 0 radical (unpaired) electrons. The quantitative estimate of drug-likeness (QED) is 0.929. The zero-order chi connectivity index (χ0) is 15.4. The van der Waals surface area contributed by atoms with Crippen LogP contribution in [0.1, 0.15) is 29.7 Å². The summed E-state index contributed by atoms with van der Waals surface area (Å²) in [5.41, 5.74) is 1.47. The molecule has 2 aromatic rings. The van der Waals surface area contributed by atoms with E-state index in [-0.39, 0.29) is 12.2 Å². The number of hydrogen-bond donors (Lipinski definition) is 1. The Balaban J connectivity index is 2.13. The van der Waals surface area contributed by atoms with Crippen LogP contribution >= 0.6 is 11.6 Å². The topological polar surface area (TPSA) is 53.2 Å². The third-order valence-corrected chi connectivity index (χ3v) is 3.21. The minimum Gasteiger partial charge on any atom is -0.487 e. The lowest BCUT2D eigenvalue weighted by molar-refractivity contribution is 0.199. The molecule has 0 aromatic heterocycles. The first-order valence-electron chi connectivity index (χ1n) is 6.29. The third-order valence-electron chi connectivity index (χ3n) is 2.92. The van der Waals surface area contributed by atoms with Crippen molar-refractivity contribution in [2.45, 2.75) is 19.6 Å². The smallest absolute Gasteiger partial charge is 0.138 e. The molecule has 3 nitrogen and oxygen atoms in total. The summed E-state index contributed by atoms with van der Waals surface area (Å²) in [5.74, 6) is -0.0490. The van der Waals surface area contributed by atoms with Crippen molar-refractivity contribution in [2.24, 2.45) is 0 Å². The molecule has 0 fully saturated rings. The second-order valence-corrected chi connectivity index (χ2v) is 5.02. The number of benzene rings is 2. The largest absolute Gasteiger partial charge is 0.487 e. The van der Waals surface area contributed by atoms with Crippen molar-refractivity contribution in [1.29, 1.82) is 5.26 Å². The molecule has 0 unspecified atom stereocenters. The summed E-state index contributed by atoms with van der Waals surface area (Å²) >= 11 is 6.07. The molecule has 0 saturated carbocycles. The lowest BCUT2D eigenvalue weighted by Gasteiger charge is -2.11. The van der Waals surface area contributed by atoms with Crippen molar-refractivity contribution in [1.82, 2.24) is 0 Å². The SMILES string of the molecule is C[C@H](O)c1ccc(OCc2cc(F)cc(C#N)c2)c(Cl)c1. The lowest BCUT2D eigenvalue weighted by atomic mass is 10.1. The van der Waals surface area contributed by atoms with Crippen LogP contribution in [-0.4, -0.2) is 5.11 Å². The molecule has 0 amide bonds. The van der Waals surface area contributed by atoms with Crippen LogP contribution in [0.5, 0.6) is 5.75 Å². The van der Waals surface area contributed by atoms with Gasteiger partial charge in [-0.25, -0.2) is 4.39 Å². The summed E-state index contributed by atoms with van der Waals surface area (Å²) in [6, 6.07) is 10.9. The van der Waals surface area contributed by atoms with E-state index in [1.54, 1.807) is 31.2 Å². The van der Waals surface area contributed by atoms with Gasteiger partial charge in [0, 0.05) is 0 Å². The first-order valence-corrected chi connectivity index (χ1v) is 6.67. The molecule has 0 spiro atoms. The maximum absolute atomic E-state index is 13.3. The van der Waals surface area contributed by atoms with Gasteiger partial charge in [-0.05, 0) is 48.4 Å². The number of nitriles is 1. The van der Waals surface area contributed by atoms with E-state index < -0.39 is 11.9 Å². The average Bonchev–Trinajstić information content (AvgIpc) is 2.45. The highest BCUT2D eigenvalue weighted by molar-refractivity contribution is 6.32. The molecule has 0 aliphatic rings. The van der Waals surface area contributed by atoms with Gasteiger partial charge in [-0.3, -0.25) is 0 Å². The third kappa shape index (κ3) is 3.94. The Bertz CT molecular complexity index is 695. The molecular formula is C16H13ClFNO2.